The molecule has 1 N–H and O–H groups in total. The van der Waals surface area contributed by atoms with Crippen molar-refractivity contribution in [1.29, 1.82) is 0 Å². The molecule has 0 atom stereocenters. The summed E-state index contributed by atoms with van der Waals surface area (Å²) >= 11 is 7.43. The molecule has 0 radical (unpaired) electrons. The van der Waals surface area contributed by atoms with Gasteiger partial charge in [-0.15, -0.1) is 11.3 Å². The molecule has 0 aliphatic rings. The van der Waals surface area contributed by atoms with Gasteiger partial charge in [0, 0.05) is 27.4 Å². The third-order valence-corrected chi connectivity index (χ3v) is 6.45. The van der Waals surface area contributed by atoms with Gasteiger partial charge < -0.3 is 4.98 Å². The van der Waals surface area contributed by atoms with Crippen molar-refractivity contribution in [3.05, 3.63) is 92.1 Å². The van der Waals surface area contributed by atoms with Crippen molar-refractivity contribution in [2.45, 2.75) is 6.92 Å². The van der Waals surface area contributed by atoms with Crippen molar-refractivity contribution in [2.24, 2.45) is 0 Å². The second-order valence-corrected chi connectivity index (χ2v) is 8.34. The van der Waals surface area contributed by atoms with Gasteiger partial charge in [-0.05, 0) is 30.7 Å². The molecule has 0 spiro atoms. The average Bonchev–Trinajstić information content (AvgIpc) is 3.15. The van der Waals surface area contributed by atoms with E-state index in [4.69, 9.17) is 11.6 Å². The zero-order chi connectivity index (χ0) is 21.0. The molecule has 3 heterocycles. The first kappa shape index (κ1) is 18.7. The Labute approximate surface area is 178 Å². The van der Waals surface area contributed by atoms with Gasteiger partial charge in [0.1, 0.15) is 10.5 Å². The predicted molar refractivity (Wildman–Crippen MR) is 118 cm³/mol. The lowest BCUT2D eigenvalue weighted by Gasteiger charge is -2.07. The van der Waals surface area contributed by atoms with E-state index < -0.39 is 17.1 Å². The van der Waals surface area contributed by atoms with Gasteiger partial charge in [0.25, 0.3) is 5.56 Å². The van der Waals surface area contributed by atoms with Crippen LogP contribution in [0.5, 0.6) is 0 Å². The molecule has 0 saturated carbocycles. The number of thiophene rings is 1. The number of rotatable bonds is 2. The van der Waals surface area contributed by atoms with Crippen LogP contribution in [0.2, 0.25) is 5.02 Å². The molecule has 0 aliphatic carbocycles. The summed E-state index contributed by atoms with van der Waals surface area (Å²) in [6, 6.07) is 12.0. The van der Waals surface area contributed by atoms with E-state index in [2.05, 4.69) is 9.97 Å². The Hall–Kier alpha value is -3.29. The Bertz CT molecular complexity index is 1580. The highest BCUT2D eigenvalue weighted by Gasteiger charge is 2.17. The van der Waals surface area contributed by atoms with Crippen molar-refractivity contribution in [3.63, 3.8) is 0 Å². The van der Waals surface area contributed by atoms with Crippen LogP contribution in [0.4, 0.5) is 4.39 Å². The first-order chi connectivity index (χ1) is 14.4. The summed E-state index contributed by atoms with van der Waals surface area (Å²) < 4.78 is 15.2. The van der Waals surface area contributed by atoms with Crippen molar-refractivity contribution < 1.29 is 4.39 Å². The molecule has 2 aromatic carbocycles. The highest BCUT2D eigenvalue weighted by atomic mass is 35.5. The fourth-order valence-electron chi connectivity index (χ4n) is 3.48. The van der Waals surface area contributed by atoms with Crippen LogP contribution in [-0.4, -0.2) is 14.5 Å². The molecular formula is C22H13ClFN3O2S. The number of nitrogens with one attached hydrogen (secondary N) is 1. The van der Waals surface area contributed by atoms with Gasteiger partial charge >= 0.3 is 5.69 Å². The van der Waals surface area contributed by atoms with Crippen LogP contribution in [0.25, 0.3) is 37.1 Å². The van der Waals surface area contributed by atoms with E-state index in [9.17, 15) is 14.0 Å². The molecule has 0 fully saturated rings. The number of H-pyrrole nitrogens is 1. The summed E-state index contributed by atoms with van der Waals surface area (Å²) in [4.78, 5) is 33.7. The fourth-order valence-corrected chi connectivity index (χ4v) is 4.87. The van der Waals surface area contributed by atoms with E-state index in [1.54, 1.807) is 25.3 Å². The summed E-state index contributed by atoms with van der Waals surface area (Å²) in [5.74, 6) is -0.399. The Morgan fingerprint density at radius 3 is 2.77 bits per heavy atom. The molecule has 8 heteroatoms. The lowest BCUT2D eigenvalue weighted by atomic mass is 10.1. The zero-order valence-corrected chi connectivity index (χ0v) is 17.1. The highest BCUT2D eigenvalue weighted by Crippen LogP contribution is 2.36. The van der Waals surface area contributed by atoms with E-state index in [0.717, 1.165) is 15.3 Å². The standard InChI is InChI=1S/C22H13ClFN3O2S/c1-11-6-14(15(23)7-16(11)24)19-8-17-20(30-19)21(28)27(22(29)26-17)18-10-25-9-12-4-2-3-5-13(12)18/h2-10H,1H3,(H,26,29). The number of aromatic amines is 1. The van der Waals surface area contributed by atoms with Crippen LogP contribution in [0.3, 0.4) is 0 Å². The van der Waals surface area contributed by atoms with Gasteiger partial charge in [-0.25, -0.2) is 13.8 Å². The second-order valence-electron chi connectivity index (χ2n) is 6.89. The average molecular weight is 438 g/mol. The van der Waals surface area contributed by atoms with Gasteiger partial charge in [-0.2, -0.15) is 0 Å². The van der Waals surface area contributed by atoms with Gasteiger partial charge in [0.2, 0.25) is 0 Å². The van der Waals surface area contributed by atoms with E-state index in [1.165, 1.54) is 23.6 Å². The number of aromatic nitrogens is 3. The number of benzene rings is 2. The minimum absolute atomic E-state index is 0.241. The van der Waals surface area contributed by atoms with Crippen molar-refractivity contribution in [3.8, 4) is 16.1 Å². The van der Waals surface area contributed by atoms with Crippen LogP contribution >= 0.6 is 22.9 Å². The maximum absolute atomic E-state index is 13.8. The minimum atomic E-state index is -0.559. The number of fused-ring (bicyclic) bond motifs is 2. The summed E-state index contributed by atoms with van der Waals surface area (Å²) in [5.41, 5.74) is 0.865. The first-order valence-electron chi connectivity index (χ1n) is 9.02. The van der Waals surface area contributed by atoms with Crippen LogP contribution in [0.1, 0.15) is 5.56 Å². The third kappa shape index (κ3) is 2.86. The number of pyridine rings is 1. The predicted octanol–water partition coefficient (Wildman–Crippen LogP) is 5.06. The Kier molecular flexibility index (Phi) is 4.30. The van der Waals surface area contributed by atoms with Gasteiger partial charge in [0.15, 0.2) is 0 Å². The van der Waals surface area contributed by atoms with E-state index in [-0.39, 0.29) is 5.02 Å². The Morgan fingerprint density at radius 1 is 1.13 bits per heavy atom. The van der Waals surface area contributed by atoms with Gasteiger partial charge in [0.05, 0.1) is 22.4 Å². The van der Waals surface area contributed by atoms with Gasteiger partial charge in [-0.3, -0.25) is 9.78 Å². The molecule has 3 aromatic heterocycles. The Balaban J connectivity index is 1.79. The third-order valence-electron chi connectivity index (χ3n) is 4.98. The summed E-state index contributed by atoms with van der Waals surface area (Å²) in [5, 5.41) is 1.81. The molecule has 5 rings (SSSR count). The van der Waals surface area contributed by atoms with E-state index >= 15 is 0 Å². The Morgan fingerprint density at radius 2 is 1.93 bits per heavy atom. The minimum Gasteiger partial charge on any atom is -0.306 e. The normalized spacial score (nSPS) is 11.4. The molecule has 0 aliphatic heterocycles. The van der Waals surface area contributed by atoms with Gasteiger partial charge in [-0.1, -0.05) is 35.9 Å². The smallest absolute Gasteiger partial charge is 0.306 e. The quantitative estimate of drug-likeness (QED) is 0.420. The SMILES string of the molecule is Cc1cc(-c2cc3[nH]c(=O)n(-c4cncc5ccccc45)c(=O)c3s2)c(Cl)cc1F. The molecule has 148 valence electrons. The van der Waals surface area contributed by atoms with Crippen LogP contribution in [0, 0.1) is 12.7 Å². The molecule has 5 nitrogen and oxygen atoms in total. The second kappa shape index (κ2) is 6.90. The maximum atomic E-state index is 13.8. The summed E-state index contributed by atoms with van der Waals surface area (Å²) in [6.07, 6.45) is 3.18. The number of nitrogens with zero attached hydrogens (tertiary/aromatic N) is 2. The van der Waals surface area contributed by atoms with E-state index in [1.807, 2.05) is 24.3 Å². The summed E-state index contributed by atoms with van der Waals surface area (Å²) in [7, 11) is 0. The molecule has 30 heavy (non-hydrogen) atoms. The fraction of sp³-hybridized carbons (Fsp3) is 0.0455. The number of hydrogen-bond donors (Lipinski definition) is 1. The number of hydrogen-bond acceptors (Lipinski definition) is 4. The number of halogens is 2. The van der Waals surface area contributed by atoms with Crippen LogP contribution in [-0.2, 0) is 0 Å². The molecule has 0 amide bonds. The number of aryl methyl sites for hydroxylation is 1. The first-order valence-corrected chi connectivity index (χ1v) is 10.2. The molecular weight excluding hydrogens is 425 g/mol. The van der Waals surface area contributed by atoms with E-state index in [0.29, 0.717) is 31.9 Å². The van der Waals surface area contributed by atoms with Crippen molar-refractivity contribution >= 4 is 43.9 Å². The molecule has 0 unspecified atom stereocenters. The topological polar surface area (TPSA) is 67.8 Å². The molecule has 0 bridgehead atoms. The van der Waals surface area contributed by atoms with Crippen molar-refractivity contribution in [1.82, 2.24) is 14.5 Å². The van der Waals surface area contributed by atoms with Crippen LogP contribution in [0.15, 0.2) is 64.4 Å². The molecule has 0 saturated heterocycles. The van der Waals surface area contributed by atoms with Crippen molar-refractivity contribution in [2.75, 3.05) is 0 Å². The molecule has 5 aromatic rings. The zero-order valence-electron chi connectivity index (χ0n) is 15.6. The monoisotopic (exact) mass is 437 g/mol. The maximum Gasteiger partial charge on any atom is 0.333 e. The van der Waals surface area contributed by atoms with Crippen LogP contribution < -0.4 is 11.2 Å². The lowest BCUT2D eigenvalue weighted by Crippen LogP contribution is -2.33. The lowest BCUT2D eigenvalue weighted by molar-refractivity contribution is 0.619. The highest BCUT2D eigenvalue weighted by molar-refractivity contribution is 7.22. The largest absolute Gasteiger partial charge is 0.333 e. The summed E-state index contributed by atoms with van der Waals surface area (Å²) in [6.45, 7) is 1.64.